The van der Waals surface area contributed by atoms with Crippen molar-refractivity contribution in [3.05, 3.63) is 49.1 Å². The van der Waals surface area contributed by atoms with Crippen LogP contribution in [0.3, 0.4) is 0 Å². The first-order valence-corrected chi connectivity index (χ1v) is 9.54. The second kappa shape index (κ2) is 7.58. The van der Waals surface area contributed by atoms with E-state index in [0.29, 0.717) is 30.3 Å². The minimum absolute atomic E-state index is 0.179. The Kier molecular flexibility index (Phi) is 4.94. The van der Waals surface area contributed by atoms with E-state index in [1.165, 1.54) is 11.1 Å². The number of imide groups is 1. The third kappa shape index (κ3) is 4.00. The average molecular weight is 406 g/mol. The number of hydrogen-bond acceptors (Lipinski definition) is 6. The van der Waals surface area contributed by atoms with Crippen molar-refractivity contribution in [2.75, 3.05) is 11.9 Å². The predicted octanol–water partition coefficient (Wildman–Crippen LogP) is 3.46. The van der Waals surface area contributed by atoms with Gasteiger partial charge in [-0.05, 0) is 24.6 Å². The third-order valence-corrected chi connectivity index (χ3v) is 4.97. The van der Waals surface area contributed by atoms with Crippen LogP contribution in [-0.4, -0.2) is 43.1 Å². The van der Waals surface area contributed by atoms with Crippen molar-refractivity contribution in [2.45, 2.75) is 20.3 Å². The van der Waals surface area contributed by atoms with Crippen LogP contribution in [0.25, 0.3) is 11.3 Å². The third-order valence-electron chi connectivity index (χ3n) is 4.97. The standard InChI is InChI=1S/C21H22N6O3/c1-21(2)7-9-27(19(21)28)20(29)25-18-5-4-16(12-23-18)30-15-6-8-22-17(10-15)14-11-24-26(3)13-14/h4-6,8,10-13H,7,9H2,1-3H3,(H,23,25,29). The number of carbonyl (C=O) groups is 2. The highest BCUT2D eigenvalue weighted by atomic mass is 16.5. The fourth-order valence-corrected chi connectivity index (χ4v) is 3.17. The maximum atomic E-state index is 12.4. The topological polar surface area (TPSA) is 102 Å². The molecule has 1 saturated heterocycles. The molecule has 0 spiro atoms. The van der Waals surface area contributed by atoms with Gasteiger partial charge >= 0.3 is 6.03 Å². The Balaban J connectivity index is 1.41. The van der Waals surface area contributed by atoms with Crippen molar-refractivity contribution in [1.82, 2.24) is 24.6 Å². The lowest BCUT2D eigenvalue weighted by molar-refractivity contribution is -0.131. The molecule has 4 heterocycles. The van der Waals surface area contributed by atoms with E-state index < -0.39 is 11.4 Å². The molecule has 3 aromatic rings. The summed E-state index contributed by atoms with van der Waals surface area (Å²) in [6.07, 6.45) is 7.42. The number of rotatable bonds is 4. The molecule has 9 nitrogen and oxygen atoms in total. The number of likely N-dealkylation sites (tertiary alicyclic amines) is 1. The van der Waals surface area contributed by atoms with E-state index in [0.717, 1.165) is 11.3 Å². The Bertz CT molecular complexity index is 1090. The number of amides is 3. The smallest absolute Gasteiger partial charge is 0.329 e. The van der Waals surface area contributed by atoms with E-state index in [4.69, 9.17) is 4.74 Å². The fraction of sp³-hybridized carbons (Fsp3) is 0.286. The molecule has 9 heteroatoms. The Labute approximate surface area is 173 Å². The Morgan fingerprint density at radius 2 is 2.00 bits per heavy atom. The van der Waals surface area contributed by atoms with Gasteiger partial charge in [-0.15, -0.1) is 0 Å². The zero-order chi connectivity index (χ0) is 21.3. The van der Waals surface area contributed by atoms with E-state index in [2.05, 4.69) is 20.4 Å². The number of hydrogen-bond donors (Lipinski definition) is 1. The molecule has 1 N–H and O–H groups in total. The van der Waals surface area contributed by atoms with Crippen LogP contribution in [0.15, 0.2) is 49.1 Å². The molecule has 0 radical (unpaired) electrons. The number of pyridine rings is 2. The summed E-state index contributed by atoms with van der Waals surface area (Å²) in [5.74, 6) is 1.28. The van der Waals surface area contributed by atoms with Crippen LogP contribution in [-0.2, 0) is 11.8 Å². The molecule has 3 amide bonds. The highest BCUT2D eigenvalue weighted by molar-refractivity contribution is 6.03. The van der Waals surface area contributed by atoms with E-state index in [1.54, 1.807) is 35.3 Å². The first kappa shape index (κ1) is 19.6. The number of carbonyl (C=O) groups excluding carboxylic acids is 2. The number of ether oxygens (including phenoxy) is 1. The highest BCUT2D eigenvalue weighted by Crippen LogP contribution is 2.31. The fourth-order valence-electron chi connectivity index (χ4n) is 3.17. The van der Waals surface area contributed by atoms with Gasteiger partial charge in [-0.1, -0.05) is 13.8 Å². The lowest BCUT2D eigenvalue weighted by Gasteiger charge is -2.18. The molecule has 3 aromatic heterocycles. The summed E-state index contributed by atoms with van der Waals surface area (Å²) in [5.41, 5.74) is 1.12. The minimum Gasteiger partial charge on any atom is -0.456 e. The van der Waals surface area contributed by atoms with E-state index in [1.807, 2.05) is 33.2 Å². The molecule has 0 unspecified atom stereocenters. The van der Waals surface area contributed by atoms with Gasteiger partial charge in [0.05, 0.1) is 18.1 Å². The zero-order valence-electron chi connectivity index (χ0n) is 17.0. The van der Waals surface area contributed by atoms with Gasteiger partial charge < -0.3 is 4.74 Å². The minimum atomic E-state index is -0.512. The maximum absolute atomic E-state index is 12.4. The van der Waals surface area contributed by atoms with Crippen LogP contribution >= 0.6 is 0 Å². The molecule has 1 aliphatic heterocycles. The SMILES string of the molecule is Cn1cc(-c2cc(Oc3ccc(NC(=O)N4CCC(C)(C)C4=O)nc3)ccn2)cn1. The van der Waals surface area contributed by atoms with Gasteiger partial charge in [0, 0.05) is 43.0 Å². The number of nitrogens with zero attached hydrogens (tertiary/aromatic N) is 5. The van der Waals surface area contributed by atoms with Gasteiger partial charge in [-0.3, -0.25) is 24.7 Å². The highest BCUT2D eigenvalue weighted by Gasteiger charge is 2.41. The van der Waals surface area contributed by atoms with Gasteiger partial charge in [0.2, 0.25) is 5.91 Å². The van der Waals surface area contributed by atoms with Crippen LogP contribution in [0, 0.1) is 5.41 Å². The summed E-state index contributed by atoms with van der Waals surface area (Å²) in [6, 6.07) is 6.41. The first-order chi connectivity index (χ1) is 14.3. The number of anilines is 1. The molecule has 4 rings (SSSR count). The van der Waals surface area contributed by atoms with Crippen molar-refractivity contribution < 1.29 is 14.3 Å². The van der Waals surface area contributed by atoms with Crippen molar-refractivity contribution in [3.63, 3.8) is 0 Å². The maximum Gasteiger partial charge on any atom is 0.329 e. The number of aromatic nitrogens is 4. The van der Waals surface area contributed by atoms with Crippen molar-refractivity contribution >= 4 is 17.8 Å². The summed E-state index contributed by atoms with van der Waals surface area (Å²) in [7, 11) is 1.84. The lowest BCUT2D eigenvalue weighted by Crippen LogP contribution is -2.39. The molecule has 0 atom stereocenters. The second-order valence-corrected chi connectivity index (χ2v) is 7.78. The summed E-state index contributed by atoms with van der Waals surface area (Å²) in [5, 5.41) is 6.80. The molecule has 1 fully saturated rings. The summed E-state index contributed by atoms with van der Waals surface area (Å²) in [6.45, 7) is 4.08. The molecule has 0 bridgehead atoms. The quantitative estimate of drug-likeness (QED) is 0.712. The predicted molar refractivity (Wildman–Crippen MR) is 110 cm³/mol. The van der Waals surface area contributed by atoms with Gasteiger partial charge in [-0.25, -0.2) is 9.78 Å². The van der Waals surface area contributed by atoms with Crippen molar-refractivity contribution in [1.29, 1.82) is 0 Å². The molecular weight excluding hydrogens is 384 g/mol. The van der Waals surface area contributed by atoms with Gasteiger partial charge in [0.15, 0.2) is 0 Å². The van der Waals surface area contributed by atoms with Gasteiger partial charge in [0.1, 0.15) is 17.3 Å². The second-order valence-electron chi connectivity index (χ2n) is 7.78. The number of nitrogens with one attached hydrogen (secondary N) is 1. The van der Waals surface area contributed by atoms with E-state index >= 15 is 0 Å². The van der Waals surface area contributed by atoms with Crippen LogP contribution in [0.1, 0.15) is 20.3 Å². The van der Waals surface area contributed by atoms with Crippen LogP contribution in [0.5, 0.6) is 11.5 Å². The molecule has 0 saturated carbocycles. The molecule has 1 aliphatic rings. The van der Waals surface area contributed by atoms with Gasteiger partial charge in [0.25, 0.3) is 0 Å². The molecule has 30 heavy (non-hydrogen) atoms. The lowest BCUT2D eigenvalue weighted by atomic mass is 9.92. The van der Waals surface area contributed by atoms with Crippen molar-refractivity contribution in [2.24, 2.45) is 12.5 Å². The normalized spacial score (nSPS) is 15.3. The van der Waals surface area contributed by atoms with Crippen LogP contribution < -0.4 is 10.1 Å². The van der Waals surface area contributed by atoms with Crippen LogP contribution in [0.2, 0.25) is 0 Å². The molecular formula is C21H22N6O3. The average Bonchev–Trinajstić information content (AvgIpc) is 3.27. The monoisotopic (exact) mass is 406 g/mol. The Hall–Kier alpha value is -3.75. The summed E-state index contributed by atoms with van der Waals surface area (Å²) >= 11 is 0. The van der Waals surface area contributed by atoms with Crippen LogP contribution in [0.4, 0.5) is 10.6 Å². The summed E-state index contributed by atoms with van der Waals surface area (Å²) < 4.78 is 7.55. The largest absolute Gasteiger partial charge is 0.456 e. The first-order valence-electron chi connectivity index (χ1n) is 9.54. The molecule has 0 aromatic carbocycles. The molecule has 0 aliphatic carbocycles. The number of urea groups is 1. The summed E-state index contributed by atoms with van der Waals surface area (Å²) in [4.78, 5) is 34.4. The Morgan fingerprint density at radius 1 is 1.17 bits per heavy atom. The molecule has 154 valence electrons. The van der Waals surface area contributed by atoms with Crippen molar-refractivity contribution in [3.8, 4) is 22.8 Å². The number of aryl methyl sites for hydroxylation is 1. The zero-order valence-corrected chi connectivity index (χ0v) is 17.0. The Morgan fingerprint density at radius 3 is 2.63 bits per heavy atom. The van der Waals surface area contributed by atoms with E-state index in [9.17, 15) is 9.59 Å². The van der Waals surface area contributed by atoms with E-state index in [-0.39, 0.29) is 5.91 Å². The van der Waals surface area contributed by atoms with Gasteiger partial charge in [-0.2, -0.15) is 5.10 Å².